The van der Waals surface area contributed by atoms with Gasteiger partial charge in [-0.15, -0.1) is 0 Å². The number of pyridine rings is 2. The van der Waals surface area contributed by atoms with Crippen molar-refractivity contribution in [2.45, 2.75) is 34.1 Å². The summed E-state index contributed by atoms with van der Waals surface area (Å²) in [6, 6.07) is 18.8. The zero-order valence-electron chi connectivity index (χ0n) is 18.4. The fraction of sp³-hybridized carbons (Fsp3) is 0.214. The number of benzene rings is 2. The lowest BCUT2D eigenvalue weighted by atomic mass is 9.91. The van der Waals surface area contributed by atoms with Crippen LogP contribution < -0.4 is 0 Å². The summed E-state index contributed by atoms with van der Waals surface area (Å²) in [6.07, 6.45) is 4.82. The summed E-state index contributed by atoms with van der Waals surface area (Å²) in [5.41, 5.74) is 9.66. The maximum absolute atomic E-state index is 6.14. The molecule has 0 saturated carbocycles. The molecule has 0 N–H and O–H groups in total. The van der Waals surface area contributed by atoms with Crippen molar-refractivity contribution < 1.29 is 4.42 Å². The fourth-order valence-electron chi connectivity index (χ4n) is 4.64. The third-order valence-corrected chi connectivity index (χ3v) is 5.90. The predicted molar refractivity (Wildman–Crippen MR) is 128 cm³/mol. The second kappa shape index (κ2) is 7.66. The first-order valence-corrected chi connectivity index (χ1v) is 10.8. The van der Waals surface area contributed by atoms with Gasteiger partial charge < -0.3 is 4.42 Å². The molecule has 0 saturated heterocycles. The van der Waals surface area contributed by atoms with E-state index in [1.165, 1.54) is 11.1 Å². The van der Waals surface area contributed by atoms with E-state index in [1.807, 2.05) is 30.6 Å². The van der Waals surface area contributed by atoms with Gasteiger partial charge in [-0.2, -0.15) is 0 Å². The normalized spacial score (nSPS) is 11.6. The van der Waals surface area contributed by atoms with E-state index in [2.05, 4.69) is 64.1 Å². The highest BCUT2D eigenvalue weighted by atomic mass is 16.3. The number of rotatable bonds is 4. The monoisotopic (exact) mass is 406 g/mol. The van der Waals surface area contributed by atoms with Crippen molar-refractivity contribution in [2.75, 3.05) is 0 Å². The number of aryl methyl sites for hydroxylation is 2. The highest BCUT2D eigenvalue weighted by molar-refractivity contribution is 6.09. The Bertz CT molecular complexity index is 1410. The Kier molecular flexibility index (Phi) is 4.82. The zero-order valence-corrected chi connectivity index (χ0v) is 18.4. The van der Waals surface area contributed by atoms with E-state index in [0.29, 0.717) is 5.92 Å². The van der Waals surface area contributed by atoms with Crippen LogP contribution in [-0.2, 0) is 6.42 Å². The SMILES string of the molecule is Cc1cc2oc3ccccc3c2c(C)c1-c1ncccc1-c1cc(CC(C)C)ccn1. The van der Waals surface area contributed by atoms with Gasteiger partial charge in [-0.25, -0.2) is 0 Å². The van der Waals surface area contributed by atoms with Crippen molar-refractivity contribution in [3.8, 4) is 22.5 Å². The van der Waals surface area contributed by atoms with E-state index >= 15 is 0 Å². The molecule has 5 rings (SSSR count). The lowest BCUT2D eigenvalue weighted by Gasteiger charge is -2.15. The topological polar surface area (TPSA) is 38.9 Å². The predicted octanol–water partition coefficient (Wildman–Crippen LogP) is 7.53. The van der Waals surface area contributed by atoms with Gasteiger partial charge in [0.25, 0.3) is 0 Å². The first-order chi connectivity index (χ1) is 15.0. The van der Waals surface area contributed by atoms with Gasteiger partial charge in [0.05, 0.1) is 11.4 Å². The molecule has 154 valence electrons. The number of nitrogens with zero attached hydrogens (tertiary/aromatic N) is 2. The molecular formula is C28H26N2O. The van der Waals surface area contributed by atoms with Crippen molar-refractivity contribution in [3.05, 3.63) is 83.7 Å². The van der Waals surface area contributed by atoms with E-state index in [-0.39, 0.29) is 0 Å². The van der Waals surface area contributed by atoms with Gasteiger partial charge >= 0.3 is 0 Å². The van der Waals surface area contributed by atoms with Crippen LogP contribution in [0.2, 0.25) is 0 Å². The van der Waals surface area contributed by atoms with Crippen molar-refractivity contribution in [1.29, 1.82) is 0 Å². The van der Waals surface area contributed by atoms with E-state index in [0.717, 1.165) is 56.4 Å². The third kappa shape index (κ3) is 3.40. The summed E-state index contributed by atoms with van der Waals surface area (Å²) < 4.78 is 6.14. The fourth-order valence-corrected chi connectivity index (χ4v) is 4.64. The largest absolute Gasteiger partial charge is 0.456 e. The number of hydrogen-bond donors (Lipinski definition) is 0. The molecule has 0 amide bonds. The molecule has 2 aromatic carbocycles. The van der Waals surface area contributed by atoms with Gasteiger partial charge in [-0.1, -0.05) is 32.0 Å². The highest BCUT2D eigenvalue weighted by Crippen LogP contribution is 2.40. The van der Waals surface area contributed by atoms with Gasteiger partial charge in [0.15, 0.2) is 0 Å². The number of para-hydroxylation sites is 1. The first kappa shape index (κ1) is 19.5. The van der Waals surface area contributed by atoms with Gasteiger partial charge in [0, 0.05) is 34.3 Å². The second-order valence-electron chi connectivity index (χ2n) is 8.71. The van der Waals surface area contributed by atoms with Crippen LogP contribution in [0.5, 0.6) is 0 Å². The first-order valence-electron chi connectivity index (χ1n) is 10.8. The van der Waals surface area contributed by atoms with Crippen molar-refractivity contribution >= 4 is 21.9 Å². The second-order valence-corrected chi connectivity index (χ2v) is 8.71. The molecule has 3 aromatic heterocycles. The van der Waals surface area contributed by atoms with Crippen LogP contribution in [-0.4, -0.2) is 9.97 Å². The van der Waals surface area contributed by atoms with Crippen LogP contribution >= 0.6 is 0 Å². The number of fused-ring (bicyclic) bond motifs is 3. The van der Waals surface area contributed by atoms with Crippen LogP contribution in [0.15, 0.2) is 71.4 Å². The van der Waals surface area contributed by atoms with Crippen LogP contribution in [0.25, 0.3) is 44.5 Å². The third-order valence-electron chi connectivity index (χ3n) is 5.90. The quantitative estimate of drug-likeness (QED) is 0.310. The van der Waals surface area contributed by atoms with Crippen LogP contribution in [0.4, 0.5) is 0 Å². The minimum Gasteiger partial charge on any atom is -0.456 e. The lowest BCUT2D eigenvalue weighted by Crippen LogP contribution is -1.98. The lowest BCUT2D eigenvalue weighted by molar-refractivity contribution is 0.647. The van der Waals surface area contributed by atoms with Gasteiger partial charge in [-0.3, -0.25) is 9.97 Å². The van der Waals surface area contributed by atoms with Crippen LogP contribution in [0, 0.1) is 19.8 Å². The molecule has 0 unspecified atom stereocenters. The summed E-state index contributed by atoms with van der Waals surface area (Å²) >= 11 is 0. The molecule has 0 fully saturated rings. The Morgan fingerprint density at radius 2 is 1.71 bits per heavy atom. The van der Waals surface area contributed by atoms with Crippen molar-refractivity contribution in [3.63, 3.8) is 0 Å². The summed E-state index contributed by atoms with van der Waals surface area (Å²) in [5.74, 6) is 0.602. The summed E-state index contributed by atoms with van der Waals surface area (Å²) in [4.78, 5) is 9.54. The average Bonchev–Trinajstić information content (AvgIpc) is 3.12. The maximum Gasteiger partial charge on any atom is 0.135 e. The van der Waals surface area contributed by atoms with Crippen molar-refractivity contribution in [1.82, 2.24) is 9.97 Å². The molecule has 0 spiro atoms. The van der Waals surface area contributed by atoms with Crippen LogP contribution in [0.3, 0.4) is 0 Å². The Morgan fingerprint density at radius 3 is 2.55 bits per heavy atom. The Morgan fingerprint density at radius 1 is 0.871 bits per heavy atom. The van der Waals surface area contributed by atoms with E-state index < -0.39 is 0 Å². The smallest absolute Gasteiger partial charge is 0.135 e. The standard InChI is InChI=1S/C28H26N2O/c1-17(2)14-20-11-13-29-23(16-20)21-9-7-12-30-28(21)26-18(3)15-25-27(19(26)4)22-8-5-6-10-24(22)31-25/h5-13,15-17H,14H2,1-4H3. The molecule has 0 aliphatic rings. The van der Waals surface area contributed by atoms with E-state index in [4.69, 9.17) is 14.4 Å². The number of furan rings is 1. The molecule has 0 bridgehead atoms. The van der Waals surface area contributed by atoms with Crippen molar-refractivity contribution in [2.24, 2.45) is 5.92 Å². The molecule has 0 radical (unpaired) electrons. The molecule has 5 aromatic rings. The summed E-state index contributed by atoms with van der Waals surface area (Å²) in [6.45, 7) is 8.79. The molecule has 3 nitrogen and oxygen atoms in total. The summed E-state index contributed by atoms with van der Waals surface area (Å²) in [5, 5.41) is 2.31. The van der Waals surface area contributed by atoms with Crippen LogP contribution in [0.1, 0.15) is 30.5 Å². The molecule has 0 atom stereocenters. The molecule has 0 aliphatic heterocycles. The Hall–Kier alpha value is -3.46. The number of aromatic nitrogens is 2. The Labute approximate surface area is 182 Å². The molecule has 3 heteroatoms. The zero-order chi connectivity index (χ0) is 21.5. The van der Waals surface area contributed by atoms with Gasteiger partial charge in [-0.05, 0) is 79.3 Å². The van der Waals surface area contributed by atoms with E-state index in [9.17, 15) is 0 Å². The van der Waals surface area contributed by atoms with Gasteiger partial charge in [0.2, 0.25) is 0 Å². The minimum absolute atomic E-state index is 0.602. The molecule has 31 heavy (non-hydrogen) atoms. The Balaban J connectivity index is 1.75. The minimum atomic E-state index is 0.602. The average molecular weight is 407 g/mol. The molecule has 0 aliphatic carbocycles. The highest BCUT2D eigenvalue weighted by Gasteiger charge is 2.19. The summed E-state index contributed by atoms with van der Waals surface area (Å²) in [7, 11) is 0. The molecular weight excluding hydrogens is 380 g/mol. The molecule has 3 heterocycles. The van der Waals surface area contributed by atoms with Gasteiger partial charge in [0.1, 0.15) is 11.2 Å². The maximum atomic E-state index is 6.14. The van der Waals surface area contributed by atoms with E-state index in [1.54, 1.807) is 0 Å². The number of hydrogen-bond acceptors (Lipinski definition) is 3.